The average molecular weight is 518 g/mol. The van der Waals surface area contributed by atoms with Crippen molar-refractivity contribution in [2.75, 3.05) is 14.1 Å². The summed E-state index contributed by atoms with van der Waals surface area (Å²) in [6.45, 7) is 6.46. The van der Waals surface area contributed by atoms with Gasteiger partial charge in [-0.05, 0) is 13.3 Å². The molecule has 2 atom stereocenters. The lowest BCUT2D eigenvalue weighted by molar-refractivity contribution is -0.118. The van der Waals surface area contributed by atoms with Crippen molar-refractivity contribution >= 4 is 42.0 Å². The minimum absolute atomic E-state index is 0.0156. The molecule has 1 aliphatic heterocycles. The van der Waals surface area contributed by atoms with Crippen LogP contribution in [0.4, 0.5) is 4.39 Å². The van der Waals surface area contributed by atoms with Crippen molar-refractivity contribution in [3.05, 3.63) is 47.7 Å². The summed E-state index contributed by atoms with van der Waals surface area (Å²) in [7, 11) is 4.75. The van der Waals surface area contributed by atoms with Crippen LogP contribution in [0.15, 0.2) is 47.7 Å². The van der Waals surface area contributed by atoms with Crippen LogP contribution in [0.3, 0.4) is 0 Å². The molecular weight excluding hydrogens is 494 g/mol. The van der Waals surface area contributed by atoms with E-state index in [4.69, 9.17) is 0 Å². The van der Waals surface area contributed by atoms with Crippen LogP contribution >= 0.6 is 30.3 Å². The van der Waals surface area contributed by atoms with Gasteiger partial charge in [-0.15, -0.1) is 6.58 Å². The lowest BCUT2D eigenvalue weighted by atomic mass is 9.87. The van der Waals surface area contributed by atoms with E-state index in [-0.39, 0.29) is 35.6 Å². The molecule has 0 saturated heterocycles. The number of rotatable bonds is 8. The van der Waals surface area contributed by atoms with Crippen LogP contribution in [0.1, 0.15) is 26.7 Å². The molecule has 1 rings (SSSR count). The normalized spacial score (nSPS) is 20.5. The van der Waals surface area contributed by atoms with Gasteiger partial charge in [-0.3, -0.25) is 13.9 Å². The molecule has 6 nitrogen and oxygen atoms in total. The van der Waals surface area contributed by atoms with Gasteiger partial charge in [0, 0.05) is 69.9 Å². The lowest BCUT2D eigenvalue weighted by Crippen LogP contribution is -2.41. The highest BCUT2D eigenvalue weighted by molar-refractivity contribution is 14.2. The first-order valence-electron chi connectivity index (χ1n) is 8.52. The van der Waals surface area contributed by atoms with Crippen LogP contribution in [0, 0.1) is 17.2 Å². The second kappa shape index (κ2) is 11.3. The van der Waals surface area contributed by atoms with Gasteiger partial charge in [0.05, 0.1) is 17.4 Å². The highest BCUT2D eigenvalue weighted by Crippen LogP contribution is 2.39. The Balaban J connectivity index is 3.31. The number of hydrogen-bond acceptors (Lipinski definition) is 6. The molecular formula is C19H24FIN4O2S. The first-order valence-corrected chi connectivity index (χ1v) is 11.8. The number of Topliss-reactive ketones (excluding diaryl/α,β-unsaturated/α-hetero) is 1. The Hall–Kier alpha value is -1.80. The van der Waals surface area contributed by atoms with Gasteiger partial charge in [0.25, 0.3) is 0 Å². The van der Waals surface area contributed by atoms with E-state index in [0.717, 1.165) is 0 Å². The zero-order valence-corrected chi connectivity index (χ0v) is 19.3. The zero-order valence-electron chi connectivity index (χ0n) is 16.3. The fraction of sp³-hybridized carbons (Fsp3) is 0.421. The van der Waals surface area contributed by atoms with Crippen LogP contribution in [0.25, 0.3) is 0 Å². The van der Waals surface area contributed by atoms with E-state index in [9.17, 15) is 19.2 Å². The predicted molar refractivity (Wildman–Crippen MR) is 118 cm³/mol. The number of hydrogen-bond donors (Lipinski definition) is 1. The van der Waals surface area contributed by atoms with E-state index in [0.29, 0.717) is 12.1 Å². The van der Waals surface area contributed by atoms with Crippen LogP contribution < -0.4 is 5.32 Å². The number of allylic oxidation sites excluding steroid dienone is 3. The summed E-state index contributed by atoms with van der Waals surface area (Å²) in [5.41, 5.74) is 0.565. The summed E-state index contributed by atoms with van der Waals surface area (Å²) in [5.74, 6) is -1.29. The molecule has 28 heavy (non-hydrogen) atoms. The number of halogens is 2. The molecule has 0 radical (unpaired) electrons. The predicted octanol–water partition coefficient (Wildman–Crippen LogP) is 4.01. The summed E-state index contributed by atoms with van der Waals surface area (Å²) >= 11 is 2.05. The molecule has 0 aliphatic carbocycles. The molecule has 1 heterocycles. The Labute approximate surface area is 181 Å². The number of nitrogens with one attached hydrogen (secondary N) is 1. The fourth-order valence-electron chi connectivity index (χ4n) is 2.85. The third-order valence-corrected chi connectivity index (χ3v) is 6.02. The quantitative estimate of drug-likeness (QED) is 0.172. The van der Waals surface area contributed by atoms with Crippen LogP contribution in [0.2, 0.25) is 0 Å². The van der Waals surface area contributed by atoms with E-state index in [2.05, 4.69) is 33.1 Å². The number of amides is 1. The largest absolute Gasteiger partial charge is 0.382 e. The fourth-order valence-corrected chi connectivity index (χ4v) is 4.93. The summed E-state index contributed by atoms with van der Waals surface area (Å²) in [6.07, 6.45) is 5.74. The van der Waals surface area contributed by atoms with Gasteiger partial charge in [0.15, 0.2) is 0 Å². The van der Waals surface area contributed by atoms with Crippen molar-refractivity contribution < 1.29 is 14.0 Å². The average Bonchev–Trinajstić information content (AvgIpc) is 2.63. The third-order valence-electron chi connectivity index (χ3n) is 4.13. The summed E-state index contributed by atoms with van der Waals surface area (Å²) < 4.78 is 15.8. The molecule has 1 N–H and O–H groups in total. The van der Waals surface area contributed by atoms with Gasteiger partial charge in [-0.25, -0.2) is 4.39 Å². The monoisotopic (exact) mass is 518 g/mol. The summed E-state index contributed by atoms with van der Waals surface area (Å²) in [4.78, 5) is 26.0. The molecule has 1 amide bonds. The molecule has 1 aliphatic rings. The minimum atomic E-state index is -0.482. The van der Waals surface area contributed by atoms with Crippen molar-refractivity contribution in [1.82, 2.24) is 14.5 Å². The zero-order chi connectivity index (χ0) is 21.4. The molecule has 152 valence electrons. The first kappa shape index (κ1) is 24.2. The second-order valence-electron chi connectivity index (χ2n) is 6.53. The van der Waals surface area contributed by atoms with Crippen molar-refractivity contribution in [1.29, 1.82) is 5.26 Å². The molecule has 0 aromatic heterocycles. The van der Waals surface area contributed by atoms with E-state index >= 15 is 0 Å². The highest BCUT2D eigenvalue weighted by atomic mass is 127. The third kappa shape index (κ3) is 6.38. The minimum Gasteiger partial charge on any atom is -0.382 e. The summed E-state index contributed by atoms with van der Waals surface area (Å²) in [5, 5.41) is 11.9. The Morgan fingerprint density at radius 1 is 1.54 bits per heavy atom. The highest BCUT2D eigenvalue weighted by Gasteiger charge is 2.36. The van der Waals surface area contributed by atoms with Crippen LogP contribution in [0.5, 0.6) is 0 Å². The van der Waals surface area contributed by atoms with Gasteiger partial charge in [0.2, 0.25) is 11.7 Å². The Morgan fingerprint density at radius 2 is 2.18 bits per heavy atom. The molecule has 0 aromatic rings. The summed E-state index contributed by atoms with van der Waals surface area (Å²) in [6, 6.07) is 1.63. The molecule has 0 saturated carbocycles. The van der Waals surface area contributed by atoms with Crippen molar-refractivity contribution in [3.63, 3.8) is 0 Å². The number of nitriles is 1. The maximum absolute atomic E-state index is 14.0. The number of nitrogens with zero attached hydrogens (tertiary/aromatic N) is 3. The SMILES string of the molecule is C=CC1CC=C(C(=O)/C(C#N)=C/N(C)C)N(SI)C1C/C(NC(C)=O)=C(\C)F. The topological polar surface area (TPSA) is 76.4 Å². The van der Waals surface area contributed by atoms with Gasteiger partial charge in [-0.2, -0.15) is 5.26 Å². The molecule has 2 unspecified atom stereocenters. The first-order chi connectivity index (χ1) is 13.2. The number of carbonyl (C=O) groups excluding carboxylic acids is 2. The number of ketones is 1. The maximum Gasteiger partial charge on any atom is 0.221 e. The molecule has 0 fully saturated rings. The van der Waals surface area contributed by atoms with Crippen LogP contribution in [-0.4, -0.2) is 41.0 Å². The van der Waals surface area contributed by atoms with Gasteiger partial charge in [0.1, 0.15) is 17.5 Å². The molecule has 0 spiro atoms. The van der Waals surface area contributed by atoms with E-state index in [1.54, 1.807) is 35.5 Å². The van der Waals surface area contributed by atoms with Crippen molar-refractivity contribution in [3.8, 4) is 6.07 Å². The molecule has 0 bridgehead atoms. The van der Waals surface area contributed by atoms with Crippen molar-refractivity contribution in [2.45, 2.75) is 32.7 Å². The maximum atomic E-state index is 14.0. The lowest BCUT2D eigenvalue weighted by Gasteiger charge is -2.39. The van der Waals surface area contributed by atoms with Gasteiger partial charge in [-0.1, -0.05) is 12.2 Å². The second-order valence-corrected chi connectivity index (χ2v) is 8.24. The van der Waals surface area contributed by atoms with Crippen LogP contribution in [-0.2, 0) is 9.59 Å². The molecule has 0 aromatic carbocycles. The smallest absolute Gasteiger partial charge is 0.221 e. The Morgan fingerprint density at radius 3 is 2.61 bits per heavy atom. The van der Waals surface area contributed by atoms with Crippen molar-refractivity contribution in [2.24, 2.45) is 5.92 Å². The standard InChI is InChI=1S/C19H24FIN4O2S/c1-6-14-7-8-17(19(27)15(10-22)11-24(4)5)25(28-21)18(14)9-16(12(2)20)23-13(3)26/h6,8,11,14,18H,1,7,9H2,2-5H3,(H,23,26)/b15-11+,16-12-. The van der Waals surface area contributed by atoms with Gasteiger partial charge >= 0.3 is 0 Å². The van der Waals surface area contributed by atoms with E-state index in [1.807, 2.05) is 6.07 Å². The van der Waals surface area contributed by atoms with Gasteiger partial charge < -0.3 is 10.2 Å². The Kier molecular flexibility index (Phi) is 9.75. The van der Waals surface area contributed by atoms with E-state index < -0.39 is 11.6 Å². The number of carbonyl (C=O) groups is 2. The Bertz CT molecular complexity index is 766. The molecule has 9 heteroatoms. The van der Waals surface area contributed by atoms with E-state index in [1.165, 1.54) is 29.2 Å².